The molecule has 3 rings (SSSR count). The fraction of sp³-hybridized carbons (Fsp3) is 0.429. The third kappa shape index (κ3) is 20.3. The zero-order valence-electron chi connectivity index (χ0n) is 18.4. The molecule has 0 saturated heterocycles. The summed E-state index contributed by atoms with van der Waals surface area (Å²) >= 11 is 0. The first-order valence-corrected chi connectivity index (χ1v) is 9.60. The van der Waals surface area contributed by atoms with E-state index in [2.05, 4.69) is 74.1 Å². The second-order valence-electron chi connectivity index (χ2n) is 6.82. The highest BCUT2D eigenvalue weighted by atomic mass is 14.7. The highest BCUT2D eigenvalue weighted by Gasteiger charge is 1.82. The monoisotopic (exact) mass is 412 g/mol. The standard InChI is InChI=1S/C8H10.2C7H9N.C3H8.3CH4/c1-7-3-5-8(2)6-4-7;2*1-6-3-4-7(2)8-5-6;1-3-2;;;/h3-6H,1-2H3;2*3-5H,1-2H3;3H2,1-2H3;3*1H4. The normalized spacial score (nSPS) is 8.00. The van der Waals surface area contributed by atoms with Crippen LogP contribution in [0.5, 0.6) is 0 Å². The summed E-state index contributed by atoms with van der Waals surface area (Å²) < 4.78 is 0. The van der Waals surface area contributed by atoms with Crippen molar-refractivity contribution >= 4 is 0 Å². The Bertz CT molecular complexity index is 546. The summed E-state index contributed by atoms with van der Waals surface area (Å²) in [5, 5.41) is 0. The summed E-state index contributed by atoms with van der Waals surface area (Å²) in [4.78, 5) is 8.16. The predicted octanol–water partition coefficient (Wildman–Crippen LogP) is 9.02. The molecule has 0 amide bonds. The molecule has 3 aromatic rings. The minimum absolute atomic E-state index is 0. The third-order valence-corrected chi connectivity index (χ3v) is 3.34. The van der Waals surface area contributed by atoms with E-state index in [-0.39, 0.29) is 22.3 Å². The Morgan fingerprint density at radius 2 is 0.700 bits per heavy atom. The lowest BCUT2D eigenvalue weighted by Crippen LogP contribution is -1.78. The second kappa shape index (κ2) is 21.2. The van der Waals surface area contributed by atoms with Crippen molar-refractivity contribution in [2.45, 2.75) is 84.1 Å². The van der Waals surface area contributed by atoms with Crippen LogP contribution in [0.2, 0.25) is 0 Å². The van der Waals surface area contributed by atoms with E-state index in [9.17, 15) is 0 Å². The Morgan fingerprint density at radius 3 is 0.867 bits per heavy atom. The molecule has 0 spiro atoms. The lowest BCUT2D eigenvalue weighted by molar-refractivity contribution is 1.09. The van der Waals surface area contributed by atoms with E-state index >= 15 is 0 Å². The minimum Gasteiger partial charge on any atom is -0.261 e. The van der Waals surface area contributed by atoms with Crippen molar-refractivity contribution in [1.29, 1.82) is 0 Å². The fourth-order valence-electron chi connectivity index (χ4n) is 1.72. The van der Waals surface area contributed by atoms with Gasteiger partial charge in [0.1, 0.15) is 0 Å². The number of aromatic nitrogens is 2. The van der Waals surface area contributed by atoms with E-state index in [0.717, 1.165) is 11.4 Å². The van der Waals surface area contributed by atoms with Crippen molar-refractivity contribution in [3.8, 4) is 0 Å². The van der Waals surface area contributed by atoms with Gasteiger partial charge in [-0.05, 0) is 64.8 Å². The molecular weight excluding hydrogens is 364 g/mol. The number of hydrogen-bond acceptors (Lipinski definition) is 2. The van der Waals surface area contributed by atoms with Crippen LogP contribution in [0.25, 0.3) is 0 Å². The van der Waals surface area contributed by atoms with E-state index in [4.69, 9.17) is 0 Å². The maximum absolute atomic E-state index is 4.08. The largest absolute Gasteiger partial charge is 0.261 e. The smallest absolute Gasteiger partial charge is 0.0372 e. The predicted molar refractivity (Wildman–Crippen MR) is 139 cm³/mol. The zero-order valence-corrected chi connectivity index (χ0v) is 18.4. The summed E-state index contributed by atoms with van der Waals surface area (Å²) in [6, 6.07) is 16.6. The number of pyridine rings is 2. The molecule has 0 radical (unpaired) electrons. The summed E-state index contributed by atoms with van der Waals surface area (Å²) in [6.45, 7) is 16.5. The van der Waals surface area contributed by atoms with E-state index in [1.54, 1.807) is 0 Å². The quantitative estimate of drug-likeness (QED) is 0.368. The van der Waals surface area contributed by atoms with Gasteiger partial charge in [0.2, 0.25) is 0 Å². The number of nitrogens with zero attached hydrogens (tertiary/aromatic N) is 2. The molecule has 0 aliphatic rings. The zero-order chi connectivity index (χ0) is 20.7. The highest BCUT2D eigenvalue weighted by Crippen LogP contribution is 1.99. The van der Waals surface area contributed by atoms with Gasteiger partial charge in [0.25, 0.3) is 0 Å². The average molecular weight is 413 g/mol. The van der Waals surface area contributed by atoms with Crippen LogP contribution >= 0.6 is 0 Å². The lowest BCUT2D eigenvalue weighted by Gasteiger charge is -1.90. The van der Waals surface area contributed by atoms with Crippen LogP contribution in [-0.4, -0.2) is 9.97 Å². The molecule has 2 heterocycles. The molecule has 1 aromatic carbocycles. The van der Waals surface area contributed by atoms with E-state index < -0.39 is 0 Å². The summed E-state index contributed by atoms with van der Waals surface area (Å²) in [5.41, 5.74) is 7.25. The van der Waals surface area contributed by atoms with Gasteiger partial charge >= 0.3 is 0 Å². The Kier molecular flexibility index (Phi) is 24.8. The first kappa shape index (κ1) is 35.0. The maximum atomic E-state index is 4.08. The van der Waals surface area contributed by atoms with Crippen LogP contribution in [0.4, 0.5) is 0 Å². The van der Waals surface area contributed by atoms with Crippen LogP contribution in [-0.2, 0) is 0 Å². The fourth-order valence-corrected chi connectivity index (χ4v) is 1.72. The number of benzene rings is 1. The molecule has 0 unspecified atom stereocenters. The SMILES string of the molecule is C.C.C.CCC.Cc1ccc(C)cc1.Cc1ccc(C)nc1.Cc1ccc(C)nc1. The summed E-state index contributed by atoms with van der Waals surface area (Å²) in [7, 11) is 0. The van der Waals surface area contributed by atoms with Gasteiger partial charge in [-0.1, -0.05) is 90.1 Å². The van der Waals surface area contributed by atoms with Gasteiger partial charge in [-0.15, -0.1) is 0 Å². The van der Waals surface area contributed by atoms with Crippen LogP contribution < -0.4 is 0 Å². The van der Waals surface area contributed by atoms with Crippen LogP contribution in [0, 0.1) is 41.5 Å². The Morgan fingerprint density at radius 1 is 0.467 bits per heavy atom. The second-order valence-corrected chi connectivity index (χ2v) is 6.82. The van der Waals surface area contributed by atoms with E-state index in [1.165, 1.54) is 28.7 Å². The molecule has 30 heavy (non-hydrogen) atoms. The van der Waals surface area contributed by atoms with Crippen LogP contribution in [0.3, 0.4) is 0 Å². The molecule has 0 bridgehead atoms. The van der Waals surface area contributed by atoms with E-state index in [0.29, 0.717) is 0 Å². The molecule has 170 valence electrons. The topological polar surface area (TPSA) is 25.8 Å². The molecular formula is C28H48N2. The van der Waals surface area contributed by atoms with Gasteiger partial charge in [0, 0.05) is 23.8 Å². The van der Waals surface area contributed by atoms with Gasteiger partial charge in [-0.25, -0.2) is 0 Å². The molecule has 2 heteroatoms. The molecule has 0 N–H and O–H groups in total. The Labute approximate surface area is 188 Å². The van der Waals surface area contributed by atoms with Gasteiger partial charge in [0.15, 0.2) is 0 Å². The Hall–Kier alpha value is -2.48. The third-order valence-electron chi connectivity index (χ3n) is 3.34. The number of aryl methyl sites for hydroxylation is 6. The van der Waals surface area contributed by atoms with Gasteiger partial charge in [-0.2, -0.15) is 0 Å². The molecule has 0 aliphatic carbocycles. The van der Waals surface area contributed by atoms with Crippen molar-refractivity contribution in [3.63, 3.8) is 0 Å². The van der Waals surface area contributed by atoms with Crippen molar-refractivity contribution in [3.05, 3.63) is 94.6 Å². The summed E-state index contributed by atoms with van der Waals surface area (Å²) in [5.74, 6) is 0. The van der Waals surface area contributed by atoms with Crippen molar-refractivity contribution in [2.75, 3.05) is 0 Å². The van der Waals surface area contributed by atoms with Gasteiger partial charge in [0.05, 0.1) is 0 Å². The first-order valence-electron chi connectivity index (χ1n) is 9.60. The van der Waals surface area contributed by atoms with Crippen molar-refractivity contribution in [1.82, 2.24) is 9.97 Å². The van der Waals surface area contributed by atoms with Crippen LogP contribution in [0.15, 0.2) is 60.9 Å². The molecule has 0 atom stereocenters. The maximum Gasteiger partial charge on any atom is 0.0372 e. The minimum atomic E-state index is 0. The van der Waals surface area contributed by atoms with Crippen LogP contribution in [0.1, 0.15) is 76.2 Å². The molecule has 2 nitrogen and oxygen atoms in total. The number of hydrogen-bond donors (Lipinski definition) is 0. The van der Waals surface area contributed by atoms with E-state index in [1.807, 2.05) is 52.2 Å². The molecule has 0 saturated carbocycles. The molecule has 2 aromatic heterocycles. The lowest BCUT2D eigenvalue weighted by atomic mass is 10.2. The van der Waals surface area contributed by atoms with Crippen molar-refractivity contribution < 1.29 is 0 Å². The number of rotatable bonds is 0. The summed E-state index contributed by atoms with van der Waals surface area (Å²) in [6.07, 6.45) is 4.99. The first-order chi connectivity index (χ1) is 12.8. The average Bonchev–Trinajstić information content (AvgIpc) is 2.64. The van der Waals surface area contributed by atoms with Gasteiger partial charge in [-0.3, -0.25) is 9.97 Å². The highest BCUT2D eigenvalue weighted by molar-refractivity contribution is 5.19. The van der Waals surface area contributed by atoms with Crippen molar-refractivity contribution in [2.24, 2.45) is 0 Å². The molecule has 0 aliphatic heterocycles. The molecule has 0 fully saturated rings. The van der Waals surface area contributed by atoms with Gasteiger partial charge < -0.3 is 0 Å². The Balaban J connectivity index is -0.000000151.